The zero-order chi connectivity index (χ0) is 13.7. The Hall–Kier alpha value is -1.42. The number of hydrogen-bond donors (Lipinski definition) is 2. The molecular weight excluding hydrogens is 238 g/mol. The Morgan fingerprint density at radius 3 is 2.89 bits per heavy atom. The van der Waals surface area contributed by atoms with E-state index in [0.29, 0.717) is 12.3 Å². The van der Waals surface area contributed by atoms with E-state index in [-0.39, 0.29) is 0 Å². The lowest BCUT2D eigenvalue weighted by Gasteiger charge is -2.17. The molecule has 1 fully saturated rings. The molecule has 1 aliphatic carbocycles. The van der Waals surface area contributed by atoms with Crippen LogP contribution in [0, 0.1) is 0 Å². The van der Waals surface area contributed by atoms with Crippen molar-refractivity contribution in [3.8, 4) is 5.75 Å². The molecule has 0 saturated heterocycles. The highest BCUT2D eigenvalue weighted by atomic mass is 16.5. The first-order valence-corrected chi connectivity index (χ1v) is 7.17. The van der Waals surface area contributed by atoms with Gasteiger partial charge in [0.25, 0.3) is 0 Å². The van der Waals surface area contributed by atoms with Crippen molar-refractivity contribution in [3.63, 3.8) is 0 Å². The zero-order valence-electron chi connectivity index (χ0n) is 12.0. The van der Waals surface area contributed by atoms with Crippen LogP contribution in [-0.4, -0.2) is 37.7 Å². The summed E-state index contributed by atoms with van der Waals surface area (Å²) >= 11 is 0. The van der Waals surface area contributed by atoms with E-state index in [2.05, 4.69) is 24.2 Å². The van der Waals surface area contributed by atoms with Gasteiger partial charge in [-0.2, -0.15) is 0 Å². The lowest BCUT2D eigenvalue weighted by atomic mass is 10.2. The number of anilines is 2. The van der Waals surface area contributed by atoms with Crippen LogP contribution in [0.3, 0.4) is 0 Å². The topological polar surface area (TPSA) is 50.5 Å². The number of benzene rings is 1. The fourth-order valence-corrected chi connectivity index (χ4v) is 2.06. The molecule has 0 unspecified atom stereocenters. The van der Waals surface area contributed by atoms with Gasteiger partial charge in [-0.05, 0) is 38.4 Å². The number of nitrogens with one attached hydrogen (secondary N) is 1. The van der Waals surface area contributed by atoms with Crippen molar-refractivity contribution in [1.29, 1.82) is 0 Å². The molecule has 0 aromatic heterocycles. The standard InChI is InChI=1S/C15H25N3O/c1-3-10-19-15-11-12(4-7-14(15)16)17-8-9-18(2)13-5-6-13/h4,7,11,13,17H,3,5-6,8-10,16H2,1-2H3. The summed E-state index contributed by atoms with van der Waals surface area (Å²) in [6.45, 7) is 4.81. The van der Waals surface area contributed by atoms with Gasteiger partial charge in [-0.15, -0.1) is 0 Å². The monoisotopic (exact) mass is 263 g/mol. The van der Waals surface area contributed by atoms with Crippen molar-refractivity contribution in [2.24, 2.45) is 0 Å². The van der Waals surface area contributed by atoms with Crippen molar-refractivity contribution in [3.05, 3.63) is 18.2 Å². The van der Waals surface area contributed by atoms with E-state index in [9.17, 15) is 0 Å². The minimum Gasteiger partial charge on any atom is -0.491 e. The Kier molecular flexibility index (Phi) is 4.91. The quantitative estimate of drug-likeness (QED) is 0.708. The summed E-state index contributed by atoms with van der Waals surface area (Å²) in [5.74, 6) is 0.780. The molecular formula is C15H25N3O. The maximum absolute atomic E-state index is 5.89. The summed E-state index contributed by atoms with van der Waals surface area (Å²) in [7, 11) is 2.19. The molecule has 1 saturated carbocycles. The van der Waals surface area contributed by atoms with Crippen LogP contribution in [0.25, 0.3) is 0 Å². The van der Waals surface area contributed by atoms with Crippen LogP contribution in [0.4, 0.5) is 11.4 Å². The highest BCUT2D eigenvalue weighted by Crippen LogP contribution is 2.26. The molecule has 4 heteroatoms. The largest absolute Gasteiger partial charge is 0.491 e. The lowest BCUT2D eigenvalue weighted by Crippen LogP contribution is -2.27. The highest BCUT2D eigenvalue weighted by Gasteiger charge is 2.25. The number of ether oxygens (including phenoxy) is 1. The molecule has 4 nitrogen and oxygen atoms in total. The molecule has 0 heterocycles. The van der Waals surface area contributed by atoms with Gasteiger partial charge in [-0.25, -0.2) is 0 Å². The van der Waals surface area contributed by atoms with Crippen LogP contribution in [0.1, 0.15) is 26.2 Å². The van der Waals surface area contributed by atoms with Crippen molar-refractivity contribution >= 4 is 11.4 Å². The third-order valence-electron chi connectivity index (χ3n) is 3.44. The molecule has 1 aliphatic rings. The van der Waals surface area contributed by atoms with Crippen molar-refractivity contribution in [2.75, 3.05) is 37.8 Å². The highest BCUT2D eigenvalue weighted by molar-refractivity contribution is 5.61. The van der Waals surface area contributed by atoms with Gasteiger partial charge in [0, 0.05) is 30.9 Å². The number of hydrogen-bond acceptors (Lipinski definition) is 4. The minimum absolute atomic E-state index is 0.703. The van der Waals surface area contributed by atoms with Crippen LogP contribution >= 0.6 is 0 Å². The van der Waals surface area contributed by atoms with E-state index in [1.165, 1.54) is 12.8 Å². The first-order chi connectivity index (χ1) is 9.20. The molecule has 3 N–H and O–H groups in total. The number of nitrogens with zero attached hydrogens (tertiary/aromatic N) is 1. The van der Waals surface area contributed by atoms with Gasteiger partial charge in [0.1, 0.15) is 5.75 Å². The van der Waals surface area contributed by atoms with Crippen LogP contribution in [0.15, 0.2) is 18.2 Å². The fraction of sp³-hybridized carbons (Fsp3) is 0.600. The van der Waals surface area contributed by atoms with Gasteiger partial charge < -0.3 is 20.7 Å². The van der Waals surface area contributed by atoms with E-state index < -0.39 is 0 Å². The van der Waals surface area contributed by atoms with Crippen molar-refractivity contribution in [1.82, 2.24) is 4.90 Å². The predicted molar refractivity (Wildman–Crippen MR) is 80.8 cm³/mol. The average molecular weight is 263 g/mol. The van der Waals surface area contributed by atoms with Crippen LogP contribution in [0.5, 0.6) is 5.75 Å². The maximum Gasteiger partial charge on any atom is 0.144 e. The molecule has 0 bridgehead atoms. The summed E-state index contributed by atoms with van der Waals surface area (Å²) in [5, 5.41) is 3.43. The molecule has 0 radical (unpaired) electrons. The van der Waals surface area contributed by atoms with Gasteiger partial charge in [-0.1, -0.05) is 6.92 Å². The Balaban J connectivity index is 1.81. The molecule has 2 rings (SSSR count). The summed E-state index contributed by atoms with van der Waals surface area (Å²) < 4.78 is 5.63. The van der Waals surface area contributed by atoms with Gasteiger partial charge in [0.2, 0.25) is 0 Å². The average Bonchev–Trinajstić information content (AvgIpc) is 3.23. The Labute approximate surface area is 115 Å². The lowest BCUT2D eigenvalue weighted by molar-refractivity contribution is 0.319. The van der Waals surface area contributed by atoms with Crippen LogP contribution < -0.4 is 15.8 Å². The molecule has 0 spiro atoms. The molecule has 19 heavy (non-hydrogen) atoms. The molecule has 1 aromatic rings. The first kappa shape index (κ1) is 14.0. The van der Waals surface area contributed by atoms with E-state index >= 15 is 0 Å². The number of rotatable bonds is 8. The molecule has 0 atom stereocenters. The van der Waals surface area contributed by atoms with E-state index in [1.54, 1.807) is 0 Å². The van der Waals surface area contributed by atoms with Crippen molar-refractivity contribution < 1.29 is 4.74 Å². The summed E-state index contributed by atoms with van der Waals surface area (Å²) in [4.78, 5) is 2.42. The Morgan fingerprint density at radius 1 is 1.42 bits per heavy atom. The number of likely N-dealkylation sites (N-methyl/N-ethyl adjacent to an activating group) is 1. The second-order valence-corrected chi connectivity index (χ2v) is 5.24. The SMILES string of the molecule is CCCOc1cc(NCCN(C)C2CC2)ccc1N. The number of nitrogen functional groups attached to an aromatic ring is 1. The number of nitrogens with two attached hydrogens (primary N) is 1. The second-order valence-electron chi connectivity index (χ2n) is 5.24. The zero-order valence-corrected chi connectivity index (χ0v) is 12.0. The van der Waals surface area contributed by atoms with Crippen LogP contribution in [-0.2, 0) is 0 Å². The Bertz CT molecular complexity index is 404. The van der Waals surface area contributed by atoms with E-state index in [0.717, 1.165) is 37.0 Å². The fourth-order valence-electron chi connectivity index (χ4n) is 2.06. The summed E-state index contributed by atoms with van der Waals surface area (Å²) in [6, 6.07) is 6.71. The van der Waals surface area contributed by atoms with Gasteiger partial charge >= 0.3 is 0 Å². The second kappa shape index (κ2) is 6.66. The summed E-state index contributed by atoms with van der Waals surface area (Å²) in [5.41, 5.74) is 7.67. The maximum atomic E-state index is 5.89. The van der Waals surface area contributed by atoms with Gasteiger partial charge in [0.15, 0.2) is 0 Å². The van der Waals surface area contributed by atoms with Crippen LogP contribution in [0.2, 0.25) is 0 Å². The van der Waals surface area contributed by atoms with E-state index in [4.69, 9.17) is 10.5 Å². The summed E-state index contributed by atoms with van der Waals surface area (Å²) in [6.07, 6.45) is 3.70. The van der Waals surface area contributed by atoms with Crippen molar-refractivity contribution in [2.45, 2.75) is 32.2 Å². The minimum atomic E-state index is 0.703. The van der Waals surface area contributed by atoms with Gasteiger partial charge in [0.05, 0.1) is 12.3 Å². The predicted octanol–water partition coefficient (Wildman–Crippen LogP) is 2.56. The smallest absolute Gasteiger partial charge is 0.144 e. The Morgan fingerprint density at radius 2 is 2.21 bits per heavy atom. The molecule has 1 aromatic carbocycles. The molecule has 0 amide bonds. The van der Waals surface area contributed by atoms with E-state index in [1.807, 2.05) is 18.2 Å². The molecule has 0 aliphatic heterocycles. The first-order valence-electron chi connectivity index (χ1n) is 7.17. The normalized spacial score (nSPS) is 14.7. The molecule has 106 valence electrons. The van der Waals surface area contributed by atoms with Gasteiger partial charge in [-0.3, -0.25) is 0 Å². The third kappa shape index (κ3) is 4.31. The third-order valence-corrected chi connectivity index (χ3v) is 3.44.